The zero-order valence-corrected chi connectivity index (χ0v) is 9.97. The Labute approximate surface area is 90.5 Å². The fourth-order valence-corrected chi connectivity index (χ4v) is 1.45. The van der Waals surface area contributed by atoms with Crippen LogP contribution in [0.4, 0.5) is 0 Å². The molecule has 1 aromatic carbocycles. The predicted molar refractivity (Wildman–Crippen MR) is 65.5 cm³/mol. The molecule has 0 N–H and O–H groups in total. The summed E-state index contributed by atoms with van der Waals surface area (Å²) in [6.45, 7) is 0. The summed E-state index contributed by atoms with van der Waals surface area (Å²) in [5.74, 6) is 0. The molecule has 1 aromatic heterocycles. The molecule has 1 atom stereocenters. The Kier molecular flexibility index (Phi) is 3.83. The zero-order chi connectivity index (χ0) is 8.39. The first-order valence-corrected chi connectivity index (χ1v) is 4.76. The van der Waals surface area contributed by atoms with Crippen molar-refractivity contribution in [3.05, 3.63) is 42.1 Å². The molecule has 3 heteroatoms. The minimum Gasteiger partial charge on any atom is -0.252 e. The molecule has 68 valence electrons. The number of fused-ring (bicyclic) bond motifs is 1. The van der Waals surface area contributed by atoms with Gasteiger partial charge in [0, 0.05) is 17.2 Å². The molecule has 0 aliphatic rings. The quantitative estimate of drug-likeness (QED) is 0.714. The smallest absolute Gasteiger partial charge is 0.0705 e. The maximum absolute atomic E-state index is 4.47. The van der Waals surface area contributed by atoms with Gasteiger partial charge in [0.15, 0.2) is 0 Å². The van der Waals surface area contributed by atoms with Gasteiger partial charge >= 0.3 is 0 Å². The van der Waals surface area contributed by atoms with Crippen molar-refractivity contribution in [3.63, 3.8) is 0 Å². The average molecular weight is 256 g/mol. The van der Waals surface area contributed by atoms with E-state index >= 15 is 0 Å². The van der Waals surface area contributed by atoms with E-state index in [0.717, 1.165) is 17.4 Å². The number of benzene rings is 1. The monoisotopic (exact) mass is 255 g/mol. The van der Waals surface area contributed by atoms with Crippen molar-refractivity contribution in [3.8, 4) is 0 Å². The van der Waals surface area contributed by atoms with Crippen LogP contribution in [0.15, 0.2) is 36.4 Å². The minimum atomic E-state index is 0. The SMILES string of the molecule is Br.PCc1ccc2ccccc2n1. The Bertz CT molecular complexity index is 403. The van der Waals surface area contributed by atoms with Crippen molar-refractivity contribution in [2.24, 2.45) is 0 Å². The van der Waals surface area contributed by atoms with Crippen molar-refractivity contribution in [2.45, 2.75) is 6.16 Å². The van der Waals surface area contributed by atoms with Crippen LogP contribution in [-0.2, 0) is 6.16 Å². The number of para-hydroxylation sites is 1. The van der Waals surface area contributed by atoms with Crippen LogP contribution < -0.4 is 0 Å². The van der Waals surface area contributed by atoms with Gasteiger partial charge in [0.2, 0.25) is 0 Å². The molecule has 0 spiro atoms. The summed E-state index contributed by atoms with van der Waals surface area (Å²) in [7, 11) is 2.68. The Balaban J connectivity index is 0.000000845. The van der Waals surface area contributed by atoms with Gasteiger partial charge in [0.1, 0.15) is 0 Å². The molecule has 1 nitrogen and oxygen atoms in total. The summed E-state index contributed by atoms with van der Waals surface area (Å²) < 4.78 is 0. The van der Waals surface area contributed by atoms with Crippen molar-refractivity contribution < 1.29 is 0 Å². The number of pyridine rings is 1. The number of hydrogen-bond acceptors (Lipinski definition) is 1. The summed E-state index contributed by atoms with van der Waals surface area (Å²) in [6, 6.07) is 12.3. The van der Waals surface area contributed by atoms with E-state index in [1.807, 2.05) is 18.2 Å². The highest BCUT2D eigenvalue weighted by Crippen LogP contribution is 2.12. The molecule has 0 bridgehead atoms. The second kappa shape index (κ2) is 4.69. The van der Waals surface area contributed by atoms with Gasteiger partial charge in [-0.2, -0.15) is 0 Å². The fourth-order valence-electron chi connectivity index (χ4n) is 1.22. The average Bonchev–Trinajstić information content (AvgIpc) is 2.17. The van der Waals surface area contributed by atoms with Crippen LogP contribution in [0.1, 0.15) is 5.69 Å². The maximum Gasteiger partial charge on any atom is 0.0705 e. The number of nitrogens with zero attached hydrogens (tertiary/aromatic N) is 1. The van der Waals surface area contributed by atoms with Crippen molar-refractivity contribution >= 4 is 37.1 Å². The zero-order valence-electron chi connectivity index (χ0n) is 7.10. The standard InChI is InChI=1S/C10H10NP.BrH/c12-7-9-6-5-8-3-1-2-4-10(8)11-9;/h1-6H,7,12H2;1H. The van der Waals surface area contributed by atoms with E-state index in [2.05, 4.69) is 32.4 Å². The lowest BCUT2D eigenvalue weighted by Gasteiger charge is -1.98. The Morgan fingerprint density at radius 1 is 1.08 bits per heavy atom. The number of hydrogen-bond donors (Lipinski definition) is 0. The third-order valence-corrected chi connectivity index (χ3v) is 2.28. The van der Waals surface area contributed by atoms with Gasteiger partial charge in [-0.3, -0.25) is 4.98 Å². The molecule has 2 aromatic rings. The summed E-state index contributed by atoms with van der Waals surface area (Å²) in [5.41, 5.74) is 2.20. The molecule has 0 saturated heterocycles. The molecule has 0 amide bonds. The lowest BCUT2D eigenvalue weighted by atomic mass is 10.2. The number of rotatable bonds is 1. The second-order valence-corrected chi connectivity index (χ2v) is 3.11. The Hall–Kier alpha value is -0.460. The molecule has 2 rings (SSSR count). The fraction of sp³-hybridized carbons (Fsp3) is 0.100. The van der Waals surface area contributed by atoms with E-state index in [1.165, 1.54) is 5.39 Å². The van der Waals surface area contributed by atoms with E-state index in [1.54, 1.807) is 0 Å². The summed E-state index contributed by atoms with van der Waals surface area (Å²) in [4.78, 5) is 4.47. The van der Waals surface area contributed by atoms with Gasteiger partial charge in [-0.05, 0) is 12.1 Å². The van der Waals surface area contributed by atoms with Crippen LogP contribution in [0.3, 0.4) is 0 Å². The molecule has 0 aliphatic carbocycles. The van der Waals surface area contributed by atoms with Gasteiger partial charge in [-0.25, -0.2) is 0 Å². The van der Waals surface area contributed by atoms with Crippen molar-refractivity contribution in [1.29, 1.82) is 0 Å². The molecular formula is C10H11BrNP. The first-order chi connectivity index (χ1) is 5.90. The maximum atomic E-state index is 4.47. The molecule has 1 unspecified atom stereocenters. The third-order valence-electron chi connectivity index (χ3n) is 1.87. The van der Waals surface area contributed by atoms with E-state index in [-0.39, 0.29) is 17.0 Å². The van der Waals surface area contributed by atoms with Crippen LogP contribution >= 0.6 is 26.2 Å². The summed E-state index contributed by atoms with van der Waals surface area (Å²) in [6.07, 6.45) is 0.921. The molecule has 0 radical (unpaired) electrons. The molecule has 0 saturated carbocycles. The summed E-state index contributed by atoms with van der Waals surface area (Å²) in [5, 5.41) is 1.21. The van der Waals surface area contributed by atoms with Crippen molar-refractivity contribution in [1.82, 2.24) is 4.98 Å². The highest BCUT2D eigenvalue weighted by molar-refractivity contribution is 8.93. The number of aromatic nitrogens is 1. The predicted octanol–water partition coefficient (Wildman–Crippen LogP) is 3.19. The van der Waals surface area contributed by atoms with E-state index in [9.17, 15) is 0 Å². The largest absolute Gasteiger partial charge is 0.252 e. The van der Waals surface area contributed by atoms with Crippen LogP contribution in [0.25, 0.3) is 10.9 Å². The Morgan fingerprint density at radius 2 is 1.85 bits per heavy atom. The van der Waals surface area contributed by atoms with Gasteiger partial charge < -0.3 is 0 Å². The van der Waals surface area contributed by atoms with Gasteiger partial charge in [-0.15, -0.1) is 26.2 Å². The highest BCUT2D eigenvalue weighted by Gasteiger charge is 1.93. The normalized spacial score (nSPS) is 9.62. The minimum absolute atomic E-state index is 0. The number of halogens is 1. The van der Waals surface area contributed by atoms with E-state index < -0.39 is 0 Å². The lowest BCUT2D eigenvalue weighted by molar-refractivity contribution is 1.23. The van der Waals surface area contributed by atoms with Gasteiger partial charge in [0.25, 0.3) is 0 Å². The van der Waals surface area contributed by atoms with E-state index in [0.29, 0.717) is 0 Å². The van der Waals surface area contributed by atoms with Gasteiger partial charge in [0.05, 0.1) is 5.52 Å². The molecular weight excluding hydrogens is 245 g/mol. The van der Waals surface area contributed by atoms with Crippen molar-refractivity contribution in [2.75, 3.05) is 0 Å². The van der Waals surface area contributed by atoms with Crippen LogP contribution in [0.2, 0.25) is 0 Å². The van der Waals surface area contributed by atoms with E-state index in [4.69, 9.17) is 0 Å². The first-order valence-electron chi connectivity index (χ1n) is 3.95. The highest BCUT2D eigenvalue weighted by atomic mass is 79.9. The second-order valence-electron chi connectivity index (χ2n) is 2.70. The topological polar surface area (TPSA) is 12.9 Å². The summed E-state index contributed by atoms with van der Waals surface area (Å²) >= 11 is 0. The van der Waals surface area contributed by atoms with Gasteiger partial charge in [-0.1, -0.05) is 24.3 Å². The first kappa shape index (κ1) is 10.6. The van der Waals surface area contributed by atoms with Crippen LogP contribution in [0, 0.1) is 0 Å². The Morgan fingerprint density at radius 3 is 2.62 bits per heavy atom. The van der Waals surface area contributed by atoms with Crippen LogP contribution in [-0.4, -0.2) is 4.98 Å². The molecule has 0 aliphatic heterocycles. The third kappa shape index (κ3) is 2.26. The molecule has 0 fully saturated rings. The molecule has 13 heavy (non-hydrogen) atoms. The van der Waals surface area contributed by atoms with Crippen LogP contribution in [0.5, 0.6) is 0 Å². The molecule has 1 heterocycles. The lowest BCUT2D eigenvalue weighted by Crippen LogP contribution is -1.84.